The van der Waals surface area contributed by atoms with Crippen molar-refractivity contribution in [2.75, 3.05) is 32.2 Å². The summed E-state index contributed by atoms with van der Waals surface area (Å²) >= 11 is 1.59. The lowest BCUT2D eigenvalue weighted by Crippen LogP contribution is -2.58. The van der Waals surface area contributed by atoms with Crippen molar-refractivity contribution in [2.45, 2.75) is 111 Å². The Labute approximate surface area is 246 Å². The summed E-state index contributed by atoms with van der Waals surface area (Å²) in [6, 6.07) is -1.78. The molecule has 10 heteroatoms. The number of likely N-dealkylation sites (tertiary alicyclic amines) is 1. The molecule has 230 valence electrons. The number of piperidine rings is 1. The highest BCUT2D eigenvalue weighted by molar-refractivity contribution is 7.98. The largest absolute Gasteiger partial charge is 0.464 e. The second kappa shape index (κ2) is 17.7. The first-order valence-electron chi connectivity index (χ1n) is 14.7. The van der Waals surface area contributed by atoms with Crippen molar-refractivity contribution in [1.29, 1.82) is 0 Å². The van der Waals surface area contributed by atoms with Gasteiger partial charge in [0, 0.05) is 18.7 Å². The molecule has 0 aromatic rings. The lowest BCUT2D eigenvalue weighted by Gasteiger charge is -2.39. The Bertz CT molecular complexity index is 876. The van der Waals surface area contributed by atoms with Crippen LogP contribution < -0.4 is 10.6 Å². The molecule has 1 heterocycles. The Morgan fingerprint density at radius 1 is 1.05 bits per heavy atom. The number of hydrogen-bond acceptors (Lipinski definition) is 7. The maximum Gasteiger partial charge on any atom is 0.328 e. The minimum absolute atomic E-state index is 0.00679. The fourth-order valence-corrected chi connectivity index (χ4v) is 5.54. The van der Waals surface area contributed by atoms with Crippen molar-refractivity contribution in [3.8, 4) is 0 Å². The zero-order valence-corrected chi connectivity index (χ0v) is 27.2. The number of amides is 3. The molecule has 2 N–H and O–H groups in total. The highest BCUT2D eigenvalue weighted by Crippen LogP contribution is 2.21. The van der Waals surface area contributed by atoms with Crippen LogP contribution in [0.1, 0.15) is 81.1 Å². The van der Waals surface area contributed by atoms with E-state index >= 15 is 0 Å². The number of nitrogens with one attached hydrogen (secondary N) is 2. The molecule has 1 aliphatic heterocycles. The molecule has 0 spiro atoms. The van der Waals surface area contributed by atoms with Gasteiger partial charge in [-0.25, -0.2) is 4.79 Å². The second-order valence-corrected chi connectivity index (χ2v) is 12.7. The summed E-state index contributed by atoms with van der Waals surface area (Å²) < 4.78 is 5.14. The zero-order chi connectivity index (χ0) is 30.6. The Morgan fingerprint density at radius 3 is 2.23 bits per heavy atom. The molecule has 1 aliphatic rings. The Kier molecular flexibility index (Phi) is 15.9. The summed E-state index contributed by atoms with van der Waals surface area (Å²) in [4.78, 5) is 56.4. The second-order valence-electron chi connectivity index (χ2n) is 11.7. The maximum atomic E-state index is 13.8. The van der Waals surface area contributed by atoms with Crippen LogP contribution in [0.2, 0.25) is 0 Å². The number of esters is 1. The Balaban J connectivity index is 3.09. The molecular formula is C30H54N4O5S. The van der Waals surface area contributed by atoms with Crippen LogP contribution in [0.4, 0.5) is 0 Å². The van der Waals surface area contributed by atoms with Gasteiger partial charge in [0.15, 0.2) is 0 Å². The average Bonchev–Trinajstić information content (AvgIpc) is 2.90. The topological polar surface area (TPSA) is 108 Å². The van der Waals surface area contributed by atoms with Crippen LogP contribution in [0, 0.1) is 11.8 Å². The molecular weight excluding hydrogens is 528 g/mol. The molecule has 0 radical (unpaired) electrons. The van der Waals surface area contributed by atoms with Crippen LogP contribution in [-0.2, 0) is 23.9 Å². The molecule has 0 saturated carbocycles. The SMILES string of the molecule is CCOC(=O)[C@H](CCSC)NC(=O)C(C)=C[C@H](C(C)C)N(C)C(=O)[C@@H](NC(=O)[C@H]1CCCCN1C(C)C)C(C)C. The predicted molar refractivity (Wildman–Crippen MR) is 163 cm³/mol. The summed E-state index contributed by atoms with van der Waals surface area (Å²) in [7, 11) is 1.72. The van der Waals surface area contributed by atoms with Gasteiger partial charge >= 0.3 is 5.97 Å². The molecule has 0 aliphatic carbocycles. The van der Waals surface area contributed by atoms with Gasteiger partial charge in [-0.3, -0.25) is 19.3 Å². The normalized spacial score (nSPS) is 18.8. The van der Waals surface area contributed by atoms with Gasteiger partial charge < -0.3 is 20.3 Å². The molecule has 0 unspecified atom stereocenters. The first-order chi connectivity index (χ1) is 18.8. The minimum atomic E-state index is -0.731. The van der Waals surface area contributed by atoms with Gasteiger partial charge in [0.25, 0.3) is 0 Å². The number of carbonyl (C=O) groups is 4. The first-order valence-corrected chi connectivity index (χ1v) is 16.1. The van der Waals surface area contributed by atoms with Crippen molar-refractivity contribution in [3.05, 3.63) is 11.6 Å². The molecule has 0 bridgehead atoms. The average molecular weight is 583 g/mol. The molecule has 1 rings (SSSR count). The third-order valence-corrected chi connectivity index (χ3v) is 8.13. The Morgan fingerprint density at radius 2 is 1.70 bits per heavy atom. The number of rotatable bonds is 15. The molecule has 1 fully saturated rings. The summed E-state index contributed by atoms with van der Waals surface area (Å²) in [5.41, 5.74) is 0.414. The fraction of sp³-hybridized carbons (Fsp3) is 0.800. The summed E-state index contributed by atoms with van der Waals surface area (Å²) in [5.74, 6) is -0.513. The van der Waals surface area contributed by atoms with Crippen molar-refractivity contribution >= 4 is 35.5 Å². The van der Waals surface area contributed by atoms with Crippen LogP contribution in [-0.4, -0.2) is 95.9 Å². The van der Waals surface area contributed by atoms with E-state index in [2.05, 4.69) is 29.4 Å². The predicted octanol–water partition coefficient (Wildman–Crippen LogP) is 3.62. The smallest absolute Gasteiger partial charge is 0.328 e. The van der Waals surface area contributed by atoms with Gasteiger partial charge in [-0.2, -0.15) is 11.8 Å². The van der Waals surface area contributed by atoms with Crippen LogP contribution in [0.25, 0.3) is 0 Å². The third kappa shape index (κ3) is 10.7. The number of carbonyl (C=O) groups excluding carboxylic acids is 4. The Hall–Kier alpha value is -2.07. The number of nitrogens with zero attached hydrogens (tertiary/aromatic N) is 2. The first kappa shape index (κ1) is 36.0. The van der Waals surface area contributed by atoms with Crippen molar-refractivity contribution in [1.82, 2.24) is 20.4 Å². The molecule has 4 atom stereocenters. The third-order valence-electron chi connectivity index (χ3n) is 7.48. The standard InChI is InChI=1S/C30H54N4O5S/c1-11-39-30(38)23(15-17-40-10)31-27(35)22(8)18-25(19(2)3)33(9)29(37)26(20(4)5)32-28(36)24-14-12-13-16-34(24)21(6)7/h18-21,23-26H,11-17H2,1-10H3,(H,31,35)(H,32,36)/t23-,24+,25+,26-/m0/s1. The fourth-order valence-electron chi connectivity index (χ4n) is 5.07. The lowest BCUT2D eigenvalue weighted by molar-refractivity contribution is -0.147. The monoisotopic (exact) mass is 582 g/mol. The van der Waals surface area contributed by atoms with Gasteiger partial charge in [0.1, 0.15) is 12.1 Å². The van der Waals surface area contributed by atoms with E-state index in [1.807, 2.05) is 34.0 Å². The quantitative estimate of drug-likeness (QED) is 0.224. The maximum absolute atomic E-state index is 13.8. The van der Waals surface area contributed by atoms with Crippen molar-refractivity contribution in [3.63, 3.8) is 0 Å². The van der Waals surface area contributed by atoms with E-state index in [0.29, 0.717) is 17.7 Å². The summed E-state index contributed by atoms with van der Waals surface area (Å²) in [5, 5.41) is 5.87. The molecule has 3 amide bonds. The van der Waals surface area contributed by atoms with E-state index in [0.717, 1.165) is 25.8 Å². The number of hydrogen-bond donors (Lipinski definition) is 2. The van der Waals surface area contributed by atoms with Crippen molar-refractivity contribution in [2.24, 2.45) is 11.8 Å². The molecule has 0 aromatic heterocycles. The van der Waals surface area contributed by atoms with E-state index in [9.17, 15) is 19.2 Å². The van der Waals surface area contributed by atoms with Gasteiger partial charge in [0.05, 0.1) is 18.7 Å². The highest BCUT2D eigenvalue weighted by atomic mass is 32.2. The van der Waals surface area contributed by atoms with E-state index in [4.69, 9.17) is 4.74 Å². The van der Waals surface area contributed by atoms with Gasteiger partial charge in [-0.15, -0.1) is 0 Å². The van der Waals surface area contributed by atoms with Crippen LogP contribution >= 0.6 is 11.8 Å². The van der Waals surface area contributed by atoms with Crippen molar-refractivity contribution < 1.29 is 23.9 Å². The lowest BCUT2D eigenvalue weighted by atomic mass is 9.95. The van der Waals surface area contributed by atoms with E-state index < -0.39 is 18.1 Å². The number of likely N-dealkylation sites (N-methyl/N-ethyl adjacent to an activating group) is 1. The summed E-state index contributed by atoms with van der Waals surface area (Å²) in [6.45, 7) is 16.6. The van der Waals surface area contributed by atoms with E-state index in [1.54, 1.807) is 43.6 Å². The van der Waals surface area contributed by atoms with Gasteiger partial charge in [-0.05, 0) is 77.3 Å². The highest BCUT2D eigenvalue weighted by Gasteiger charge is 2.36. The minimum Gasteiger partial charge on any atom is -0.464 e. The number of ether oxygens (including phenoxy) is 1. The van der Waals surface area contributed by atoms with Crippen LogP contribution in [0.5, 0.6) is 0 Å². The van der Waals surface area contributed by atoms with E-state index in [-0.39, 0.29) is 54.3 Å². The molecule has 0 aromatic carbocycles. The summed E-state index contributed by atoms with van der Waals surface area (Å²) in [6.07, 6.45) is 7.04. The van der Waals surface area contributed by atoms with Gasteiger partial charge in [-0.1, -0.05) is 40.2 Å². The van der Waals surface area contributed by atoms with Crippen LogP contribution in [0.15, 0.2) is 11.6 Å². The van der Waals surface area contributed by atoms with Crippen LogP contribution in [0.3, 0.4) is 0 Å². The number of thioether (sulfide) groups is 1. The van der Waals surface area contributed by atoms with E-state index in [1.165, 1.54) is 0 Å². The zero-order valence-electron chi connectivity index (χ0n) is 26.4. The van der Waals surface area contributed by atoms with Gasteiger partial charge in [0.2, 0.25) is 17.7 Å². The molecule has 9 nitrogen and oxygen atoms in total. The molecule has 40 heavy (non-hydrogen) atoms. The molecule has 1 saturated heterocycles.